The van der Waals surface area contributed by atoms with E-state index in [4.69, 9.17) is 14.0 Å². The summed E-state index contributed by atoms with van der Waals surface area (Å²) in [6, 6.07) is 5.25. The fraction of sp³-hybridized carbons (Fsp3) is 0.471. The van der Waals surface area contributed by atoms with Crippen molar-refractivity contribution in [1.82, 2.24) is 19.9 Å². The molecule has 1 aliphatic rings. The van der Waals surface area contributed by atoms with Crippen molar-refractivity contribution < 1.29 is 18.8 Å². The van der Waals surface area contributed by atoms with Crippen molar-refractivity contribution in [2.75, 3.05) is 40.4 Å². The minimum absolute atomic E-state index is 0.0502. The van der Waals surface area contributed by atoms with E-state index >= 15 is 0 Å². The van der Waals surface area contributed by atoms with Gasteiger partial charge in [-0.3, -0.25) is 9.69 Å². The van der Waals surface area contributed by atoms with Crippen LogP contribution < -0.4 is 9.47 Å². The number of carbonyl (C=O) groups excluding carboxylic acids is 1. The number of aryl methyl sites for hydroxylation is 1. The molecule has 2 aromatic rings. The van der Waals surface area contributed by atoms with Crippen LogP contribution in [0.5, 0.6) is 11.5 Å². The second-order valence-corrected chi connectivity index (χ2v) is 5.86. The van der Waals surface area contributed by atoms with Gasteiger partial charge in [0.25, 0.3) is 5.91 Å². The Bertz CT molecular complexity index is 738. The van der Waals surface area contributed by atoms with Gasteiger partial charge in [0.15, 0.2) is 5.82 Å². The lowest BCUT2D eigenvalue weighted by atomic mass is 10.1. The fourth-order valence-electron chi connectivity index (χ4n) is 2.87. The van der Waals surface area contributed by atoms with Crippen LogP contribution in [0.4, 0.5) is 0 Å². The molecule has 25 heavy (non-hydrogen) atoms. The Morgan fingerprint density at radius 3 is 2.56 bits per heavy atom. The first-order valence-electron chi connectivity index (χ1n) is 8.13. The first kappa shape index (κ1) is 17.2. The van der Waals surface area contributed by atoms with Gasteiger partial charge in [-0.15, -0.1) is 0 Å². The van der Waals surface area contributed by atoms with Crippen molar-refractivity contribution in [2.24, 2.45) is 0 Å². The van der Waals surface area contributed by atoms with Crippen LogP contribution in [0.2, 0.25) is 0 Å². The number of hydrogen-bond donors (Lipinski definition) is 0. The molecule has 8 heteroatoms. The highest BCUT2D eigenvalue weighted by Gasteiger charge is 2.25. The number of aromatic nitrogens is 2. The molecule has 0 atom stereocenters. The van der Waals surface area contributed by atoms with Crippen LogP contribution in [0.25, 0.3) is 0 Å². The molecule has 2 heterocycles. The van der Waals surface area contributed by atoms with Crippen molar-refractivity contribution in [2.45, 2.75) is 13.5 Å². The number of benzene rings is 1. The summed E-state index contributed by atoms with van der Waals surface area (Å²) in [6.07, 6.45) is 0. The lowest BCUT2D eigenvalue weighted by Crippen LogP contribution is -2.48. The van der Waals surface area contributed by atoms with Gasteiger partial charge in [-0.1, -0.05) is 5.16 Å². The summed E-state index contributed by atoms with van der Waals surface area (Å²) in [7, 11) is 3.14. The zero-order valence-electron chi connectivity index (χ0n) is 14.7. The number of carbonyl (C=O) groups is 1. The molecule has 0 aliphatic carbocycles. The topological polar surface area (TPSA) is 80.9 Å². The monoisotopic (exact) mass is 346 g/mol. The molecule has 0 radical (unpaired) electrons. The molecule has 1 aromatic carbocycles. The largest absolute Gasteiger partial charge is 0.497 e. The Morgan fingerprint density at radius 1 is 1.20 bits per heavy atom. The fourth-order valence-corrected chi connectivity index (χ4v) is 2.87. The maximum absolute atomic E-state index is 12.8. The van der Waals surface area contributed by atoms with E-state index in [1.165, 1.54) is 0 Å². The van der Waals surface area contributed by atoms with Gasteiger partial charge < -0.3 is 18.9 Å². The lowest BCUT2D eigenvalue weighted by molar-refractivity contribution is 0.0621. The van der Waals surface area contributed by atoms with Gasteiger partial charge in [0.2, 0.25) is 5.89 Å². The third-order valence-electron chi connectivity index (χ3n) is 4.23. The Kier molecular flexibility index (Phi) is 5.18. The number of amides is 1. The molecule has 1 saturated heterocycles. The van der Waals surface area contributed by atoms with Crippen LogP contribution in [-0.4, -0.2) is 66.2 Å². The van der Waals surface area contributed by atoms with Gasteiger partial charge >= 0.3 is 0 Å². The average molecular weight is 346 g/mol. The highest BCUT2D eigenvalue weighted by molar-refractivity contribution is 5.97. The number of ether oxygens (including phenoxy) is 2. The van der Waals surface area contributed by atoms with Gasteiger partial charge in [0, 0.05) is 33.1 Å². The van der Waals surface area contributed by atoms with Crippen molar-refractivity contribution in [1.29, 1.82) is 0 Å². The number of nitrogens with zero attached hydrogens (tertiary/aromatic N) is 4. The summed E-state index contributed by atoms with van der Waals surface area (Å²) < 4.78 is 15.5. The standard InChI is InChI=1S/C17H22N4O4/c1-12-18-16(19-25-12)11-20-6-8-21(9-7-20)17(22)14-10-13(23-2)4-5-15(14)24-3/h4-5,10H,6-9,11H2,1-3H3. The van der Waals surface area contributed by atoms with Crippen LogP contribution in [0.15, 0.2) is 22.7 Å². The van der Waals surface area contributed by atoms with Crippen LogP contribution in [-0.2, 0) is 6.54 Å². The van der Waals surface area contributed by atoms with Crippen LogP contribution >= 0.6 is 0 Å². The third kappa shape index (κ3) is 3.90. The Morgan fingerprint density at radius 2 is 1.96 bits per heavy atom. The minimum Gasteiger partial charge on any atom is -0.497 e. The smallest absolute Gasteiger partial charge is 0.257 e. The van der Waals surface area contributed by atoms with Gasteiger partial charge in [0.05, 0.1) is 26.3 Å². The predicted octanol–water partition coefficient (Wildman–Crippen LogP) is 1.35. The molecule has 0 N–H and O–H groups in total. The Hall–Kier alpha value is -2.61. The van der Waals surface area contributed by atoms with Crippen molar-refractivity contribution in [3.05, 3.63) is 35.5 Å². The molecule has 8 nitrogen and oxygen atoms in total. The van der Waals surface area contributed by atoms with E-state index in [2.05, 4.69) is 15.0 Å². The molecule has 0 unspecified atom stereocenters. The molecule has 1 fully saturated rings. The van der Waals surface area contributed by atoms with Crippen molar-refractivity contribution in [3.63, 3.8) is 0 Å². The minimum atomic E-state index is -0.0502. The number of rotatable bonds is 5. The molecule has 1 aliphatic heterocycles. The van der Waals surface area contributed by atoms with Crippen LogP contribution in [0, 0.1) is 6.92 Å². The second-order valence-electron chi connectivity index (χ2n) is 5.86. The Labute approximate surface area is 146 Å². The molecule has 0 spiro atoms. The lowest BCUT2D eigenvalue weighted by Gasteiger charge is -2.34. The highest BCUT2D eigenvalue weighted by atomic mass is 16.5. The molecule has 3 rings (SSSR count). The molecule has 0 bridgehead atoms. The summed E-state index contributed by atoms with van der Waals surface area (Å²) in [6.45, 7) is 5.18. The summed E-state index contributed by atoms with van der Waals surface area (Å²) in [5, 5.41) is 3.91. The van der Waals surface area contributed by atoms with Crippen molar-refractivity contribution >= 4 is 5.91 Å². The first-order valence-corrected chi connectivity index (χ1v) is 8.13. The SMILES string of the molecule is COc1ccc(OC)c(C(=O)N2CCN(Cc3noc(C)n3)CC2)c1. The van der Waals surface area contributed by atoms with E-state index in [0.29, 0.717) is 48.4 Å². The summed E-state index contributed by atoms with van der Waals surface area (Å²) >= 11 is 0. The highest BCUT2D eigenvalue weighted by Crippen LogP contribution is 2.25. The molecule has 1 amide bonds. The summed E-state index contributed by atoms with van der Waals surface area (Å²) in [4.78, 5) is 21.1. The molecular weight excluding hydrogens is 324 g/mol. The summed E-state index contributed by atoms with van der Waals surface area (Å²) in [5.74, 6) is 2.37. The number of hydrogen-bond acceptors (Lipinski definition) is 7. The van der Waals surface area contributed by atoms with Gasteiger partial charge in [-0.25, -0.2) is 0 Å². The van der Waals surface area contributed by atoms with E-state index in [-0.39, 0.29) is 5.91 Å². The molecule has 134 valence electrons. The first-order chi connectivity index (χ1) is 12.1. The zero-order valence-corrected chi connectivity index (χ0v) is 14.7. The predicted molar refractivity (Wildman–Crippen MR) is 89.8 cm³/mol. The maximum atomic E-state index is 12.8. The summed E-state index contributed by atoms with van der Waals surface area (Å²) in [5.41, 5.74) is 0.518. The van der Waals surface area contributed by atoms with Gasteiger partial charge in [0.1, 0.15) is 11.5 Å². The number of piperazine rings is 1. The van der Waals surface area contributed by atoms with Crippen LogP contribution in [0.1, 0.15) is 22.1 Å². The molecule has 0 saturated carbocycles. The van der Waals surface area contributed by atoms with E-state index < -0.39 is 0 Å². The van der Waals surface area contributed by atoms with Crippen molar-refractivity contribution in [3.8, 4) is 11.5 Å². The maximum Gasteiger partial charge on any atom is 0.257 e. The van der Waals surface area contributed by atoms with Gasteiger partial charge in [-0.05, 0) is 18.2 Å². The van der Waals surface area contributed by atoms with E-state index in [1.54, 1.807) is 39.3 Å². The van der Waals surface area contributed by atoms with Gasteiger partial charge in [-0.2, -0.15) is 4.98 Å². The third-order valence-corrected chi connectivity index (χ3v) is 4.23. The zero-order chi connectivity index (χ0) is 17.8. The van der Waals surface area contributed by atoms with Crippen LogP contribution in [0.3, 0.4) is 0 Å². The second kappa shape index (κ2) is 7.52. The van der Waals surface area contributed by atoms with E-state index in [9.17, 15) is 4.79 Å². The van der Waals surface area contributed by atoms with E-state index in [1.807, 2.05) is 4.90 Å². The quantitative estimate of drug-likeness (QED) is 0.808. The normalized spacial score (nSPS) is 15.2. The van der Waals surface area contributed by atoms with E-state index in [0.717, 1.165) is 13.1 Å². The molecule has 1 aromatic heterocycles. The number of methoxy groups -OCH3 is 2. The molecular formula is C17H22N4O4. The Balaban J connectivity index is 1.63. The average Bonchev–Trinajstić information content (AvgIpc) is 3.06.